The number of aliphatic hydroxyl groups excluding tert-OH is 1. The summed E-state index contributed by atoms with van der Waals surface area (Å²) in [6, 6.07) is 0. The van der Waals surface area contributed by atoms with E-state index in [0.717, 1.165) is 19.4 Å². The molecule has 0 aromatic heterocycles. The normalized spacial score (nSPS) is 34.6. The van der Waals surface area contributed by atoms with Gasteiger partial charge in [-0.1, -0.05) is 19.3 Å². The number of ether oxygens (including phenoxy) is 1. The molecule has 0 spiro atoms. The third-order valence-corrected chi connectivity index (χ3v) is 4.86. The molecule has 0 aromatic rings. The van der Waals surface area contributed by atoms with Crippen LogP contribution in [0.2, 0.25) is 0 Å². The number of hydrogen-bond donors (Lipinski definition) is 2. The Hall–Kier alpha value is -0.120. The van der Waals surface area contributed by atoms with Gasteiger partial charge in [0.05, 0.1) is 12.7 Å². The first-order valence-corrected chi connectivity index (χ1v) is 7.22. The molecule has 2 saturated carbocycles. The SMILES string of the molecule is CNC1(CO)CCCC1CCOC1CCCC1. The Balaban J connectivity index is 1.73. The maximum absolute atomic E-state index is 9.59. The minimum Gasteiger partial charge on any atom is -0.394 e. The number of hydrogen-bond acceptors (Lipinski definition) is 3. The number of nitrogens with one attached hydrogen (secondary N) is 1. The van der Waals surface area contributed by atoms with E-state index in [1.807, 2.05) is 7.05 Å². The molecule has 0 radical (unpaired) electrons. The molecule has 0 aromatic carbocycles. The fourth-order valence-corrected chi connectivity index (χ4v) is 3.61. The lowest BCUT2D eigenvalue weighted by atomic mass is 9.86. The van der Waals surface area contributed by atoms with Crippen LogP contribution in [0.4, 0.5) is 0 Å². The fraction of sp³-hybridized carbons (Fsp3) is 1.00. The van der Waals surface area contributed by atoms with Gasteiger partial charge in [-0.15, -0.1) is 0 Å². The van der Waals surface area contributed by atoms with E-state index in [1.54, 1.807) is 0 Å². The van der Waals surface area contributed by atoms with Gasteiger partial charge in [-0.2, -0.15) is 0 Å². The molecule has 2 unspecified atom stereocenters. The van der Waals surface area contributed by atoms with Crippen LogP contribution >= 0.6 is 0 Å². The average Bonchev–Trinajstić information content (AvgIpc) is 2.99. The predicted octanol–water partition coefficient (Wildman–Crippen LogP) is 2.09. The quantitative estimate of drug-likeness (QED) is 0.748. The van der Waals surface area contributed by atoms with E-state index in [9.17, 15) is 5.11 Å². The molecular formula is C14H27NO2. The first kappa shape index (κ1) is 13.3. The molecule has 2 rings (SSSR count). The van der Waals surface area contributed by atoms with Crippen LogP contribution in [0.25, 0.3) is 0 Å². The van der Waals surface area contributed by atoms with Crippen molar-refractivity contribution >= 4 is 0 Å². The summed E-state index contributed by atoms with van der Waals surface area (Å²) in [5, 5.41) is 12.9. The Morgan fingerprint density at radius 3 is 2.65 bits per heavy atom. The van der Waals surface area contributed by atoms with Gasteiger partial charge in [0.25, 0.3) is 0 Å². The molecule has 0 saturated heterocycles. The zero-order valence-corrected chi connectivity index (χ0v) is 11.1. The smallest absolute Gasteiger partial charge is 0.0615 e. The van der Waals surface area contributed by atoms with Gasteiger partial charge in [0.15, 0.2) is 0 Å². The highest BCUT2D eigenvalue weighted by atomic mass is 16.5. The van der Waals surface area contributed by atoms with Crippen molar-refractivity contribution in [3.63, 3.8) is 0 Å². The lowest BCUT2D eigenvalue weighted by Gasteiger charge is -2.33. The van der Waals surface area contributed by atoms with Crippen LogP contribution in [0.1, 0.15) is 51.4 Å². The Morgan fingerprint density at radius 1 is 1.24 bits per heavy atom. The Kier molecular flexibility index (Phi) is 4.83. The molecule has 2 fully saturated rings. The minimum atomic E-state index is -0.0287. The predicted molar refractivity (Wildman–Crippen MR) is 69.0 cm³/mol. The van der Waals surface area contributed by atoms with Gasteiger partial charge in [-0.05, 0) is 45.1 Å². The first-order chi connectivity index (χ1) is 8.30. The minimum absolute atomic E-state index is 0.0287. The molecule has 2 aliphatic rings. The second-order valence-corrected chi connectivity index (χ2v) is 5.72. The van der Waals surface area contributed by atoms with E-state index in [-0.39, 0.29) is 12.1 Å². The van der Waals surface area contributed by atoms with Crippen molar-refractivity contribution in [2.24, 2.45) is 5.92 Å². The van der Waals surface area contributed by atoms with Gasteiger partial charge in [-0.3, -0.25) is 0 Å². The van der Waals surface area contributed by atoms with Gasteiger partial charge >= 0.3 is 0 Å². The van der Waals surface area contributed by atoms with Crippen molar-refractivity contribution in [3.8, 4) is 0 Å². The molecule has 0 amide bonds. The highest BCUT2D eigenvalue weighted by Gasteiger charge is 2.40. The Morgan fingerprint density at radius 2 is 2.00 bits per heavy atom. The second-order valence-electron chi connectivity index (χ2n) is 5.72. The summed E-state index contributed by atoms with van der Waals surface area (Å²) in [5.74, 6) is 0.582. The van der Waals surface area contributed by atoms with Gasteiger partial charge < -0.3 is 15.2 Å². The van der Waals surface area contributed by atoms with Crippen LogP contribution in [-0.4, -0.2) is 37.0 Å². The molecule has 100 valence electrons. The molecule has 17 heavy (non-hydrogen) atoms. The standard InChI is InChI=1S/C14H27NO2/c1-15-14(11-16)9-4-5-12(14)8-10-17-13-6-2-3-7-13/h12-13,15-16H,2-11H2,1H3. The van der Waals surface area contributed by atoms with Crippen LogP contribution in [0, 0.1) is 5.92 Å². The third kappa shape index (κ3) is 3.01. The lowest BCUT2D eigenvalue weighted by Crippen LogP contribution is -2.49. The number of rotatable bonds is 6. The first-order valence-electron chi connectivity index (χ1n) is 7.22. The van der Waals surface area contributed by atoms with Crippen molar-refractivity contribution in [2.45, 2.75) is 63.0 Å². The van der Waals surface area contributed by atoms with Crippen molar-refractivity contribution in [1.82, 2.24) is 5.32 Å². The Labute approximate surface area is 105 Å². The maximum Gasteiger partial charge on any atom is 0.0615 e. The van der Waals surface area contributed by atoms with Gasteiger partial charge in [0.1, 0.15) is 0 Å². The van der Waals surface area contributed by atoms with Crippen molar-refractivity contribution < 1.29 is 9.84 Å². The van der Waals surface area contributed by atoms with Crippen molar-refractivity contribution in [2.75, 3.05) is 20.3 Å². The van der Waals surface area contributed by atoms with E-state index in [0.29, 0.717) is 12.0 Å². The summed E-state index contributed by atoms with van der Waals surface area (Å²) >= 11 is 0. The topological polar surface area (TPSA) is 41.5 Å². The molecule has 3 nitrogen and oxygen atoms in total. The van der Waals surface area contributed by atoms with Gasteiger partial charge in [0, 0.05) is 12.1 Å². The van der Waals surface area contributed by atoms with Gasteiger partial charge in [0.2, 0.25) is 0 Å². The second kappa shape index (κ2) is 6.17. The van der Waals surface area contributed by atoms with E-state index in [1.165, 1.54) is 38.5 Å². The van der Waals surface area contributed by atoms with Crippen molar-refractivity contribution in [3.05, 3.63) is 0 Å². The Bertz CT molecular complexity index is 222. The number of aliphatic hydroxyl groups is 1. The summed E-state index contributed by atoms with van der Waals surface area (Å²) in [7, 11) is 1.98. The summed E-state index contributed by atoms with van der Waals surface area (Å²) in [6.07, 6.45) is 10.4. The van der Waals surface area contributed by atoms with Crippen LogP contribution in [0.3, 0.4) is 0 Å². The van der Waals surface area contributed by atoms with Crippen molar-refractivity contribution in [1.29, 1.82) is 0 Å². The maximum atomic E-state index is 9.59. The lowest BCUT2D eigenvalue weighted by molar-refractivity contribution is 0.0358. The summed E-state index contributed by atoms with van der Waals surface area (Å²) in [5.41, 5.74) is -0.0287. The molecule has 2 N–H and O–H groups in total. The molecule has 0 aliphatic heterocycles. The van der Waals surface area contributed by atoms with E-state index < -0.39 is 0 Å². The van der Waals surface area contributed by atoms with Crippen LogP contribution in [0.5, 0.6) is 0 Å². The molecule has 2 atom stereocenters. The largest absolute Gasteiger partial charge is 0.394 e. The van der Waals surface area contributed by atoms with Gasteiger partial charge in [-0.25, -0.2) is 0 Å². The fourth-order valence-electron chi connectivity index (χ4n) is 3.61. The van der Waals surface area contributed by atoms with Crippen LogP contribution < -0.4 is 5.32 Å². The summed E-state index contributed by atoms with van der Waals surface area (Å²) in [6.45, 7) is 1.14. The average molecular weight is 241 g/mol. The van der Waals surface area contributed by atoms with E-state index >= 15 is 0 Å². The summed E-state index contributed by atoms with van der Waals surface area (Å²) in [4.78, 5) is 0. The van der Waals surface area contributed by atoms with E-state index in [2.05, 4.69) is 5.32 Å². The molecule has 3 heteroatoms. The molecule has 0 heterocycles. The van der Waals surface area contributed by atoms with Crippen LogP contribution in [-0.2, 0) is 4.74 Å². The molecule has 0 bridgehead atoms. The monoisotopic (exact) mass is 241 g/mol. The zero-order chi connectivity index (χ0) is 12.1. The number of likely N-dealkylation sites (N-methyl/N-ethyl adjacent to an activating group) is 1. The van der Waals surface area contributed by atoms with E-state index in [4.69, 9.17) is 4.74 Å². The zero-order valence-electron chi connectivity index (χ0n) is 11.1. The third-order valence-electron chi connectivity index (χ3n) is 4.86. The summed E-state index contributed by atoms with van der Waals surface area (Å²) < 4.78 is 5.94. The highest BCUT2D eigenvalue weighted by molar-refractivity contribution is 4.97. The molecule has 2 aliphatic carbocycles. The van der Waals surface area contributed by atoms with Crippen LogP contribution in [0.15, 0.2) is 0 Å². The molecular weight excluding hydrogens is 214 g/mol. The highest BCUT2D eigenvalue weighted by Crippen LogP contribution is 2.37.